The molecule has 0 saturated carbocycles. The topological polar surface area (TPSA) is 92.4 Å². The summed E-state index contributed by atoms with van der Waals surface area (Å²) in [5.74, 6) is 0.688. The molecule has 2 rings (SSSR count). The fourth-order valence-corrected chi connectivity index (χ4v) is 2.67. The lowest BCUT2D eigenvalue weighted by Crippen LogP contribution is -2.45. The third-order valence-corrected chi connectivity index (χ3v) is 4.02. The summed E-state index contributed by atoms with van der Waals surface area (Å²) in [6, 6.07) is -0.257. The van der Waals surface area contributed by atoms with E-state index in [1.807, 2.05) is 6.92 Å². The van der Waals surface area contributed by atoms with Gasteiger partial charge in [0.1, 0.15) is 12.2 Å². The lowest BCUT2D eigenvalue weighted by molar-refractivity contribution is 0.0702. The Morgan fingerprint density at radius 1 is 1.57 bits per heavy atom. The Morgan fingerprint density at radius 2 is 2.35 bits per heavy atom. The van der Waals surface area contributed by atoms with Crippen molar-refractivity contribution in [3.05, 3.63) is 12.2 Å². The molecule has 0 bridgehead atoms. The maximum Gasteiger partial charge on any atom is 0.318 e. The monoisotopic (exact) mass is 325 g/mol. The van der Waals surface area contributed by atoms with Gasteiger partial charge >= 0.3 is 6.03 Å². The Bertz CT molecular complexity index is 491. The molecule has 8 heteroatoms. The van der Waals surface area contributed by atoms with Crippen molar-refractivity contribution in [2.45, 2.75) is 39.3 Å². The molecule has 1 fully saturated rings. The van der Waals surface area contributed by atoms with Gasteiger partial charge in [-0.05, 0) is 6.92 Å². The zero-order valence-electron chi connectivity index (χ0n) is 14.3. The van der Waals surface area contributed by atoms with Gasteiger partial charge in [-0.25, -0.2) is 9.78 Å². The van der Waals surface area contributed by atoms with Gasteiger partial charge in [0, 0.05) is 38.6 Å². The second-order valence-corrected chi connectivity index (χ2v) is 6.59. The minimum atomic E-state index is -0.141. The van der Waals surface area contributed by atoms with E-state index < -0.39 is 0 Å². The maximum atomic E-state index is 12.6. The molecule has 1 saturated heterocycles. The van der Waals surface area contributed by atoms with Gasteiger partial charge in [-0.3, -0.25) is 5.10 Å². The number of rotatable bonds is 7. The van der Waals surface area contributed by atoms with Crippen LogP contribution < -0.4 is 5.32 Å². The van der Waals surface area contributed by atoms with Crippen LogP contribution in [0.3, 0.4) is 0 Å². The molecule has 0 unspecified atom stereocenters. The number of methoxy groups -OCH3 is 1. The summed E-state index contributed by atoms with van der Waals surface area (Å²) in [6.07, 6.45) is 2.17. The van der Waals surface area contributed by atoms with Gasteiger partial charge in [-0.2, -0.15) is 5.10 Å². The highest BCUT2D eigenvalue weighted by Gasteiger charge is 2.38. The number of hydrogen-bond donors (Lipinski definition) is 2. The van der Waals surface area contributed by atoms with Crippen molar-refractivity contribution >= 4 is 6.03 Å². The SMILES string of the molecule is CCOCC(C)(C)CNC(=O)N1C[C@H](OC)C[C@H]1c1ncn[nH]1. The third-order valence-electron chi connectivity index (χ3n) is 4.02. The van der Waals surface area contributed by atoms with E-state index in [-0.39, 0.29) is 23.6 Å². The van der Waals surface area contributed by atoms with Crippen LogP contribution in [0, 0.1) is 5.41 Å². The predicted octanol–water partition coefficient (Wildman–Crippen LogP) is 1.34. The van der Waals surface area contributed by atoms with Crippen LogP contribution in [0.25, 0.3) is 0 Å². The summed E-state index contributed by atoms with van der Waals surface area (Å²) in [7, 11) is 1.66. The standard InChI is InChI=1S/C15H27N5O3/c1-5-23-9-15(2,3)8-16-14(21)20-7-11(22-4)6-12(20)13-17-10-18-19-13/h10-12H,5-9H2,1-4H3,(H,16,21)(H,17,18,19)/t11-,12+/m1/s1. The van der Waals surface area contributed by atoms with E-state index in [1.165, 1.54) is 6.33 Å². The van der Waals surface area contributed by atoms with Gasteiger partial charge in [0.25, 0.3) is 0 Å². The number of amides is 2. The van der Waals surface area contributed by atoms with Gasteiger partial charge in [0.2, 0.25) is 0 Å². The Hall–Kier alpha value is -1.67. The first-order chi connectivity index (χ1) is 11.0. The fourth-order valence-electron chi connectivity index (χ4n) is 2.67. The second kappa shape index (κ2) is 7.74. The normalized spacial score (nSPS) is 21.7. The molecule has 0 aliphatic carbocycles. The van der Waals surface area contributed by atoms with E-state index >= 15 is 0 Å². The number of likely N-dealkylation sites (tertiary alicyclic amines) is 1. The number of ether oxygens (including phenoxy) is 2. The number of urea groups is 1. The van der Waals surface area contributed by atoms with Gasteiger partial charge in [-0.15, -0.1) is 0 Å². The van der Waals surface area contributed by atoms with Crippen LogP contribution in [-0.4, -0.2) is 65.6 Å². The molecular formula is C15H27N5O3. The number of aromatic amines is 1. The van der Waals surface area contributed by atoms with Crippen molar-refractivity contribution in [1.82, 2.24) is 25.4 Å². The highest BCUT2D eigenvalue weighted by Crippen LogP contribution is 2.31. The van der Waals surface area contributed by atoms with Gasteiger partial charge in [-0.1, -0.05) is 13.8 Å². The molecule has 1 aliphatic rings. The zero-order valence-corrected chi connectivity index (χ0v) is 14.3. The summed E-state index contributed by atoms with van der Waals surface area (Å²) >= 11 is 0. The molecule has 0 aromatic carbocycles. The summed E-state index contributed by atoms with van der Waals surface area (Å²) in [5, 5.41) is 9.73. The van der Waals surface area contributed by atoms with Gasteiger partial charge in [0.15, 0.2) is 0 Å². The quantitative estimate of drug-likeness (QED) is 0.789. The predicted molar refractivity (Wildman–Crippen MR) is 84.9 cm³/mol. The average Bonchev–Trinajstić information content (AvgIpc) is 3.19. The highest BCUT2D eigenvalue weighted by molar-refractivity contribution is 5.75. The van der Waals surface area contributed by atoms with E-state index in [9.17, 15) is 4.79 Å². The Kier molecular flexibility index (Phi) is 5.95. The van der Waals surface area contributed by atoms with E-state index in [1.54, 1.807) is 12.0 Å². The van der Waals surface area contributed by atoms with Gasteiger partial charge in [0.05, 0.1) is 18.8 Å². The molecule has 0 spiro atoms. The van der Waals surface area contributed by atoms with Crippen molar-refractivity contribution in [2.75, 3.05) is 33.4 Å². The molecule has 2 N–H and O–H groups in total. The third kappa shape index (κ3) is 4.65. The molecule has 0 radical (unpaired) electrons. The average molecular weight is 325 g/mol. The Balaban J connectivity index is 1.96. The summed E-state index contributed by atoms with van der Waals surface area (Å²) < 4.78 is 10.9. The summed E-state index contributed by atoms with van der Waals surface area (Å²) in [4.78, 5) is 18.5. The molecule has 1 aliphatic heterocycles. The summed E-state index contributed by atoms with van der Waals surface area (Å²) in [5.41, 5.74) is -0.117. The molecule has 23 heavy (non-hydrogen) atoms. The van der Waals surface area contributed by atoms with Crippen molar-refractivity contribution < 1.29 is 14.3 Å². The molecule has 1 aromatic heterocycles. The van der Waals surface area contributed by atoms with Crippen molar-refractivity contribution in [2.24, 2.45) is 5.41 Å². The van der Waals surface area contributed by atoms with E-state index in [2.05, 4.69) is 34.3 Å². The lowest BCUT2D eigenvalue weighted by Gasteiger charge is -2.28. The van der Waals surface area contributed by atoms with Gasteiger partial charge < -0.3 is 19.7 Å². The van der Waals surface area contributed by atoms with Crippen LogP contribution in [0.2, 0.25) is 0 Å². The van der Waals surface area contributed by atoms with Crippen molar-refractivity contribution in [1.29, 1.82) is 0 Å². The van der Waals surface area contributed by atoms with Crippen LogP contribution in [0.5, 0.6) is 0 Å². The van der Waals surface area contributed by atoms with Crippen LogP contribution in [0.1, 0.15) is 39.1 Å². The van der Waals surface area contributed by atoms with Crippen LogP contribution >= 0.6 is 0 Å². The second-order valence-electron chi connectivity index (χ2n) is 6.59. The zero-order chi connectivity index (χ0) is 16.9. The minimum Gasteiger partial charge on any atom is -0.381 e. The maximum absolute atomic E-state index is 12.6. The fraction of sp³-hybridized carbons (Fsp3) is 0.800. The van der Waals surface area contributed by atoms with E-state index in [4.69, 9.17) is 9.47 Å². The number of nitrogens with one attached hydrogen (secondary N) is 2. The number of carbonyl (C=O) groups excluding carboxylic acids is 1. The molecular weight excluding hydrogens is 298 g/mol. The Morgan fingerprint density at radius 3 is 2.96 bits per heavy atom. The van der Waals surface area contributed by atoms with Crippen LogP contribution in [0.4, 0.5) is 4.79 Å². The summed E-state index contributed by atoms with van der Waals surface area (Å²) in [6.45, 7) is 8.47. The van der Waals surface area contributed by atoms with E-state index in [0.29, 0.717) is 38.5 Å². The molecule has 2 amide bonds. The number of aromatic nitrogens is 3. The molecule has 2 heterocycles. The Labute approximate surface area is 136 Å². The minimum absolute atomic E-state index is 0.00675. The molecule has 130 valence electrons. The first kappa shape index (κ1) is 17.7. The number of nitrogens with zero attached hydrogens (tertiary/aromatic N) is 3. The highest BCUT2D eigenvalue weighted by atomic mass is 16.5. The molecule has 2 atom stereocenters. The number of hydrogen-bond acceptors (Lipinski definition) is 5. The smallest absolute Gasteiger partial charge is 0.318 e. The molecule has 1 aromatic rings. The molecule has 8 nitrogen and oxygen atoms in total. The first-order valence-electron chi connectivity index (χ1n) is 7.97. The number of H-pyrrole nitrogens is 1. The van der Waals surface area contributed by atoms with Crippen molar-refractivity contribution in [3.63, 3.8) is 0 Å². The van der Waals surface area contributed by atoms with Crippen molar-refractivity contribution in [3.8, 4) is 0 Å². The van der Waals surface area contributed by atoms with Crippen LogP contribution in [0.15, 0.2) is 6.33 Å². The first-order valence-corrected chi connectivity index (χ1v) is 7.97. The lowest BCUT2D eigenvalue weighted by atomic mass is 9.95. The van der Waals surface area contributed by atoms with E-state index in [0.717, 1.165) is 0 Å². The largest absolute Gasteiger partial charge is 0.381 e. The van der Waals surface area contributed by atoms with Crippen LogP contribution in [-0.2, 0) is 9.47 Å². The number of carbonyl (C=O) groups is 1.